The van der Waals surface area contributed by atoms with Gasteiger partial charge in [-0.1, -0.05) is 18.2 Å². The molecule has 0 aliphatic carbocycles. The topological polar surface area (TPSA) is 68.3 Å². The van der Waals surface area contributed by atoms with Crippen molar-refractivity contribution >= 4 is 11.6 Å². The molecule has 94 valence electrons. The van der Waals surface area contributed by atoms with Crippen molar-refractivity contribution in [2.75, 3.05) is 5.32 Å². The highest BCUT2D eigenvalue weighted by Gasteiger charge is 2.12. The summed E-state index contributed by atoms with van der Waals surface area (Å²) in [5, 5.41) is 2.84. The molecular weight excluding hydrogens is 228 g/mol. The number of hydrogen-bond acceptors (Lipinski definition) is 3. The van der Waals surface area contributed by atoms with Gasteiger partial charge in [0.1, 0.15) is 12.0 Å². The van der Waals surface area contributed by atoms with Gasteiger partial charge in [0.2, 0.25) is 0 Å². The van der Waals surface area contributed by atoms with Crippen molar-refractivity contribution in [2.24, 2.45) is 5.73 Å². The lowest BCUT2D eigenvalue weighted by Crippen LogP contribution is -2.15. The lowest BCUT2D eigenvalue weighted by Gasteiger charge is -2.12. The normalized spacial score (nSPS) is 12.2. The predicted molar refractivity (Wildman–Crippen MR) is 70.4 cm³/mol. The summed E-state index contributed by atoms with van der Waals surface area (Å²) in [5.74, 6) is 0.514. The highest BCUT2D eigenvalue weighted by atomic mass is 16.3. The summed E-state index contributed by atoms with van der Waals surface area (Å²) in [6.45, 7) is 3.68. The fourth-order valence-electron chi connectivity index (χ4n) is 1.76. The summed E-state index contributed by atoms with van der Waals surface area (Å²) in [6, 6.07) is 9.07. The third-order valence-corrected chi connectivity index (χ3v) is 2.69. The maximum absolute atomic E-state index is 12.0. The van der Waals surface area contributed by atoms with E-state index in [4.69, 9.17) is 10.2 Å². The highest BCUT2D eigenvalue weighted by molar-refractivity contribution is 6.04. The molecule has 18 heavy (non-hydrogen) atoms. The maximum atomic E-state index is 12.0. The second-order valence-electron chi connectivity index (χ2n) is 4.28. The number of nitrogens with two attached hydrogens (primary N) is 1. The van der Waals surface area contributed by atoms with Gasteiger partial charge in [0.25, 0.3) is 5.91 Å². The Morgan fingerprint density at radius 3 is 2.72 bits per heavy atom. The quantitative estimate of drug-likeness (QED) is 0.872. The standard InChI is InChI=1S/C14H16N2O2/c1-9-7-11(8-18-9)14(17)16-13-6-4-3-5-12(13)10(2)15/h3-8,10H,15H2,1-2H3,(H,16,17). The second kappa shape index (κ2) is 5.06. The van der Waals surface area contributed by atoms with Crippen molar-refractivity contribution in [1.82, 2.24) is 0 Å². The third-order valence-electron chi connectivity index (χ3n) is 2.69. The van der Waals surface area contributed by atoms with Crippen molar-refractivity contribution in [2.45, 2.75) is 19.9 Å². The molecule has 0 radical (unpaired) electrons. The van der Waals surface area contributed by atoms with Crippen LogP contribution in [0.4, 0.5) is 5.69 Å². The summed E-state index contributed by atoms with van der Waals surface area (Å²) in [6.07, 6.45) is 1.44. The van der Waals surface area contributed by atoms with Crippen molar-refractivity contribution in [1.29, 1.82) is 0 Å². The molecule has 2 rings (SSSR count). The molecule has 0 aliphatic rings. The largest absolute Gasteiger partial charge is 0.469 e. The third kappa shape index (κ3) is 2.60. The number of carbonyl (C=O) groups excluding carboxylic acids is 1. The van der Waals surface area contributed by atoms with E-state index in [1.54, 1.807) is 13.0 Å². The van der Waals surface area contributed by atoms with Gasteiger partial charge in [-0.2, -0.15) is 0 Å². The molecule has 0 saturated carbocycles. The van der Waals surface area contributed by atoms with Crippen LogP contribution in [0.2, 0.25) is 0 Å². The van der Waals surface area contributed by atoms with E-state index < -0.39 is 0 Å². The zero-order valence-electron chi connectivity index (χ0n) is 10.4. The predicted octanol–water partition coefficient (Wildman–Crippen LogP) is 2.86. The van der Waals surface area contributed by atoms with E-state index in [0.29, 0.717) is 11.3 Å². The van der Waals surface area contributed by atoms with Gasteiger partial charge in [-0.25, -0.2) is 0 Å². The average Bonchev–Trinajstić information content (AvgIpc) is 2.76. The Morgan fingerprint density at radius 2 is 2.11 bits per heavy atom. The van der Waals surface area contributed by atoms with E-state index in [1.807, 2.05) is 31.2 Å². The second-order valence-corrected chi connectivity index (χ2v) is 4.28. The maximum Gasteiger partial charge on any atom is 0.258 e. The van der Waals surface area contributed by atoms with Crippen LogP contribution in [-0.4, -0.2) is 5.91 Å². The number of para-hydroxylation sites is 1. The number of hydrogen-bond donors (Lipinski definition) is 2. The minimum atomic E-state index is -0.194. The Hall–Kier alpha value is -2.07. The first-order valence-electron chi connectivity index (χ1n) is 5.79. The number of furan rings is 1. The Morgan fingerprint density at radius 1 is 1.39 bits per heavy atom. The number of rotatable bonds is 3. The molecule has 1 heterocycles. The van der Waals surface area contributed by atoms with Crippen LogP contribution in [0, 0.1) is 6.92 Å². The van der Waals surface area contributed by atoms with Gasteiger partial charge < -0.3 is 15.5 Å². The molecule has 1 atom stereocenters. The molecule has 4 nitrogen and oxygen atoms in total. The number of aryl methyl sites for hydroxylation is 1. The van der Waals surface area contributed by atoms with Crippen LogP contribution in [0.3, 0.4) is 0 Å². The lowest BCUT2D eigenvalue weighted by molar-refractivity contribution is 0.102. The van der Waals surface area contributed by atoms with Gasteiger partial charge in [-0.15, -0.1) is 0 Å². The van der Waals surface area contributed by atoms with E-state index in [9.17, 15) is 4.79 Å². The highest BCUT2D eigenvalue weighted by Crippen LogP contribution is 2.21. The summed E-state index contributed by atoms with van der Waals surface area (Å²) >= 11 is 0. The molecule has 1 unspecified atom stereocenters. The van der Waals surface area contributed by atoms with Crippen molar-refractivity contribution < 1.29 is 9.21 Å². The Bertz CT molecular complexity index is 558. The molecule has 0 fully saturated rings. The van der Waals surface area contributed by atoms with Crippen LogP contribution >= 0.6 is 0 Å². The van der Waals surface area contributed by atoms with Gasteiger partial charge in [-0.05, 0) is 31.5 Å². The number of carbonyl (C=O) groups is 1. The minimum absolute atomic E-state index is 0.132. The van der Waals surface area contributed by atoms with Crippen LogP contribution in [0.25, 0.3) is 0 Å². The molecule has 1 aromatic heterocycles. The fourth-order valence-corrected chi connectivity index (χ4v) is 1.76. The van der Waals surface area contributed by atoms with Crippen LogP contribution in [0.15, 0.2) is 41.0 Å². The molecule has 1 amide bonds. The Labute approximate surface area is 106 Å². The van der Waals surface area contributed by atoms with Gasteiger partial charge in [-0.3, -0.25) is 4.79 Å². The van der Waals surface area contributed by atoms with Gasteiger partial charge in [0.15, 0.2) is 0 Å². The first-order chi connectivity index (χ1) is 8.58. The van der Waals surface area contributed by atoms with Gasteiger partial charge >= 0.3 is 0 Å². The Kier molecular flexibility index (Phi) is 3.48. The number of anilines is 1. The fraction of sp³-hybridized carbons (Fsp3) is 0.214. The molecule has 3 N–H and O–H groups in total. The number of benzene rings is 1. The monoisotopic (exact) mass is 244 g/mol. The smallest absolute Gasteiger partial charge is 0.258 e. The summed E-state index contributed by atoms with van der Waals surface area (Å²) in [7, 11) is 0. The zero-order valence-corrected chi connectivity index (χ0v) is 10.4. The van der Waals surface area contributed by atoms with E-state index in [2.05, 4.69) is 5.32 Å². The van der Waals surface area contributed by atoms with E-state index in [1.165, 1.54) is 6.26 Å². The minimum Gasteiger partial charge on any atom is -0.469 e. The van der Waals surface area contributed by atoms with E-state index in [-0.39, 0.29) is 11.9 Å². The van der Waals surface area contributed by atoms with Crippen LogP contribution < -0.4 is 11.1 Å². The molecule has 0 bridgehead atoms. The zero-order chi connectivity index (χ0) is 13.1. The average molecular weight is 244 g/mol. The molecule has 4 heteroatoms. The lowest BCUT2D eigenvalue weighted by atomic mass is 10.1. The molecule has 0 spiro atoms. The van der Waals surface area contributed by atoms with Crippen LogP contribution in [-0.2, 0) is 0 Å². The molecule has 2 aromatic rings. The van der Waals surface area contributed by atoms with Gasteiger partial charge in [0, 0.05) is 11.7 Å². The van der Waals surface area contributed by atoms with E-state index in [0.717, 1.165) is 11.3 Å². The first-order valence-corrected chi connectivity index (χ1v) is 5.79. The van der Waals surface area contributed by atoms with Crippen molar-refractivity contribution in [3.8, 4) is 0 Å². The SMILES string of the molecule is Cc1cc(C(=O)Nc2ccccc2C(C)N)co1. The first kappa shape index (κ1) is 12.4. The molecular formula is C14H16N2O2. The van der Waals surface area contributed by atoms with Crippen molar-refractivity contribution in [3.05, 3.63) is 53.5 Å². The Balaban J connectivity index is 2.22. The summed E-state index contributed by atoms with van der Waals surface area (Å²) in [4.78, 5) is 12.0. The number of nitrogens with one attached hydrogen (secondary N) is 1. The summed E-state index contributed by atoms with van der Waals surface area (Å²) < 4.78 is 5.12. The summed E-state index contributed by atoms with van der Waals surface area (Å²) in [5.41, 5.74) is 8.01. The van der Waals surface area contributed by atoms with Crippen molar-refractivity contribution in [3.63, 3.8) is 0 Å². The van der Waals surface area contributed by atoms with E-state index >= 15 is 0 Å². The molecule has 1 aromatic carbocycles. The molecule has 0 saturated heterocycles. The van der Waals surface area contributed by atoms with Gasteiger partial charge in [0.05, 0.1) is 5.56 Å². The number of amides is 1. The van der Waals surface area contributed by atoms with Crippen LogP contribution in [0.5, 0.6) is 0 Å². The molecule has 0 aliphatic heterocycles. The van der Waals surface area contributed by atoms with Crippen LogP contribution in [0.1, 0.15) is 34.6 Å².